The van der Waals surface area contributed by atoms with Gasteiger partial charge in [0.05, 0.1) is 29.3 Å². The monoisotopic (exact) mass is 406 g/mol. The van der Waals surface area contributed by atoms with Crippen LogP contribution in [0.3, 0.4) is 0 Å². The summed E-state index contributed by atoms with van der Waals surface area (Å²) < 4.78 is 27.8. The van der Waals surface area contributed by atoms with E-state index in [0.29, 0.717) is 27.3 Å². The maximum atomic E-state index is 14.8. The van der Waals surface area contributed by atoms with Gasteiger partial charge in [-0.15, -0.1) is 0 Å². The fourth-order valence-electron chi connectivity index (χ4n) is 2.78. The van der Waals surface area contributed by atoms with Crippen LogP contribution in [0.15, 0.2) is 77.2 Å². The molecule has 0 fully saturated rings. The number of nitrogens with zero attached hydrogens (tertiary/aromatic N) is 4. The third-order valence-electron chi connectivity index (χ3n) is 4.14. The molecule has 0 saturated carbocycles. The zero-order chi connectivity index (χ0) is 20.4. The molecule has 0 spiro atoms. The number of nitrogen functional groups attached to an aromatic ring is 2. The van der Waals surface area contributed by atoms with Gasteiger partial charge in [-0.2, -0.15) is 9.97 Å². The van der Waals surface area contributed by atoms with Gasteiger partial charge in [-0.05, 0) is 35.9 Å². The minimum Gasteiger partial charge on any atom is -0.604 e. The number of nitrogens with two attached hydrogens (primary N) is 2. The first-order valence-electron chi connectivity index (χ1n) is 8.50. The van der Waals surface area contributed by atoms with Crippen molar-refractivity contribution >= 4 is 22.8 Å². The van der Waals surface area contributed by atoms with Gasteiger partial charge in [-0.3, -0.25) is 4.98 Å². The first-order chi connectivity index (χ1) is 14.0. The van der Waals surface area contributed by atoms with Gasteiger partial charge in [0.25, 0.3) is 0 Å². The molecule has 1 unspecified atom stereocenters. The van der Waals surface area contributed by atoms with Gasteiger partial charge in [-0.25, -0.2) is 9.37 Å². The summed E-state index contributed by atoms with van der Waals surface area (Å²) in [6, 6.07) is 13.2. The molecule has 0 aliphatic heterocycles. The Labute approximate surface area is 168 Å². The minimum atomic E-state index is -1.68. The molecule has 0 amide bonds. The molecule has 4 rings (SSSR count). The lowest BCUT2D eigenvalue weighted by Gasteiger charge is -2.13. The van der Waals surface area contributed by atoms with Crippen LogP contribution < -0.4 is 11.5 Å². The van der Waals surface area contributed by atoms with Crippen molar-refractivity contribution in [3.8, 4) is 22.4 Å². The van der Waals surface area contributed by atoms with Crippen molar-refractivity contribution in [1.29, 1.82) is 0 Å². The minimum absolute atomic E-state index is 0.0895. The number of hydrogen-bond donors (Lipinski definition) is 2. The lowest BCUT2D eigenvalue weighted by Crippen LogP contribution is -2.09. The molecule has 4 aromatic rings. The van der Waals surface area contributed by atoms with E-state index in [0.717, 1.165) is 0 Å². The van der Waals surface area contributed by atoms with Crippen molar-refractivity contribution < 1.29 is 8.94 Å². The largest absolute Gasteiger partial charge is 0.604 e. The van der Waals surface area contributed by atoms with E-state index < -0.39 is 17.0 Å². The molecule has 1 atom stereocenters. The summed E-state index contributed by atoms with van der Waals surface area (Å²) >= 11 is -1.68. The number of aromatic nitrogens is 4. The predicted octanol–water partition coefficient (Wildman–Crippen LogP) is 3.07. The first kappa shape index (κ1) is 18.8. The highest BCUT2D eigenvalue weighted by molar-refractivity contribution is 7.91. The van der Waals surface area contributed by atoms with E-state index >= 15 is 0 Å². The molecule has 2 heterocycles. The van der Waals surface area contributed by atoms with Crippen LogP contribution in [0.4, 0.5) is 16.0 Å². The topological polar surface area (TPSA) is 127 Å². The van der Waals surface area contributed by atoms with Crippen LogP contribution in [0.5, 0.6) is 0 Å². The van der Waals surface area contributed by atoms with Crippen molar-refractivity contribution in [3.05, 3.63) is 72.9 Å². The van der Waals surface area contributed by atoms with Crippen LogP contribution in [0.2, 0.25) is 0 Å². The van der Waals surface area contributed by atoms with Gasteiger partial charge < -0.3 is 16.0 Å². The third kappa shape index (κ3) is 3.86. The molecule has 0 bridgehead atoms. The summed E-state index contributed by atoms with van der Waals surface area (Å²) in [6.45, 7) is 0. The third-order valence-corrected chi connectivity index (χ3v) is 5.42. The summed E-state index contributed by atoms with van der Waals surface area (Å²) in [4.78, 5) is 16.6. The molecular weight excluding hydrogens is 391 g/mol. The second-order valence-electron chi connectivity index (χ2n) is 6.05. The fourth-order valence-corrected chi connectivity index (χ4v) is 3.91. The van der Waals surface area contributed by atoms with E-state index in [1.807, 2.05) is 0 Å². The highest BCUT2D eigenvalue weighted by atomic mass is 32.2. The summed E-state index contributed by atoms with van der Waals surface area (Å²) in [7, 11) is 0. The molecule has 0 radical (unpaired) electrons. The van der Waals surface area contributed by atoms with Gasteiger partial charge in [0.15, 0.2) is 4.90 Å². The van der Waals surface area contributed by atoms with E-state index in [1.54, 1.807) is 36.4 Å². The molecule has 9 heteroatoms. The Balaban J connectivity index is 1.74. The second-order valence-corrected chi connectivity index (χ2v) is 7.39. The number of rotatable bonds is 4. The van der Waals surface area contributed by atoms with Gasteiger partial charge in [0, 0.05) is 17.3 Å². The van der Waals surface area contributed by atoms with Crippen LogP contribution >= 0.6 is 0 Å². The van der Waals surface area contributed by atoms with Crippen molar-refractivity contribution in [2.75, 3.05) is 11.5 Å². The normalized spacial score (nSPS) is 11.9. The van der Waals surface area contributed by atoms with Crippen LogP contribution in [-0.2, 0) is 11.2 Å². The molecule has 0 saturated heterocycles. The zero-order valence-corrected chi connectivity index (χ0v) is 15.8. The van der Waals surface area contributed by atoms with Crippen LogP contribution in [0.25, 0.3) is 22.4 Å². The van der Waals surface area contributed by atoms with Crippen molar-refractivity contribution in [3.63, 3.8) is 0 Å². The lowest BCUT2D eigenvalue weighted by atomic mass is 10.0. The lowest BCUT2D eigenvalue weighted by molar-refractivity contribution is 0.586. The van der Waals surface area contributed by atoms with Gasteiger partial charge in [0.2, 0.25) is 0 Å². The number of benzene rings is 2. The Bertz CT molecular complexity index is 1170. The highest BCUT2D eigenvalue weighted by Crippen LogP contribution is 2.32. The van der Waals surface area contributed by atoms with E-state index in [1.165, 1.54) is 30.7 Å². The molecule has 2 aromatic carbocycles. The highest BCUT2D eigenvalue weighted by Gasteiger charge is 2.23. The first-order valence-corrected chi connectivity index (χ1v) is 9.65. The second kappa shape index (κ2) is 7.82. The summed E-state index contributed by atoms with van der Waals surface area (Å²) in [5.41, 5.74) is 13.0. The number of hydrogen-bond acceptors (Lipinski definition) is 7. The maximum absolute atomic E-state index is 14.8. The zero-order valence-electron chi connectivity index (χ0n) is 15.0. The average molecular weight is 406 g/mol. The van der Waals surface area contributed by atoms with Crippen LogP contribution in [0.1, 0.15) is 0 Å². The molecule has 4 N–H and O–H groups in total. The molecule has 7 nitrogen and oxygen atoms in total. The Morgan fingerprint density at radius 2 is 1.69 bits per heavy atom. The summed E-state index contributed by atoms with van der Waals surface area (Å²) in [5, 5.41) is 0.0895. The molecular formula is C20H15FN6OS. The summed E-state index contributed by atoms with van der Waals surface area (Å²) in [6.07, 6.45) is 4.22. The Morgan fingerprint density at radius 3 is 2.41 bits per heavy atom. The fraction of sp³-hybridized carbons (Fsp3) is 0. The van der Waals surface area contributed by atoms with Crippen molar-refractivity contribution in [2.45, 2.75) is 10.1 Å². The number of halogens is 1. The van der Waals surface area contributed by atoms with E-state index in [4.69, 9.17) is 11.5 Å². The smallest absolute Gasteiger partial charge is 0.350 e. The van der Waals surface area contributed by atoms with Gasteiger partial charge in [-0.1, -0.05) is 18.2 Å². The van der Waals surface area contributed by atoms with Crippen molar-refractivity contribution in [2.24, 2.45) is 0 Å². The molecule has 29 heavy (non-hydrogen) atoms. The Hall–Kier alpha value is -3.56. The van der Waals surface area contributed by atoms with Gasteiger partial charge >= 0.3 is 5.16 Å². The molecule has 0 aliphatic rings. The molecule has 2 aromatic heterocycles. The SMILES string of the molecule is Nc1cnc(-c2ccc(-c3ccccc3[S+]([O-])c3nccc(N)n3)cc2F)cn1. The molecule has 0 aliphatic carbocycles. The molecule has 144 valence electrons. The maximum Gasteiger partial charge on any atom is 0.350 e. The summed E-state index contributed by atoms with van der Waals surface area (Å²) in [5.74, 6) is -0.00542. The quantitative estimate of drug-likeness (QED) is 0.394. The number of anilines is 2. The van der Waals surface area contributed by atoms with Crippen LogP contribution in [0, 0.1) is 5.82 Å². The Morgan fingerprint density at radius 1 is 0.862 bits per heavy atom. The standard InChI is InChI=1S/C20H15FN6OS/c21-15-9-12(5-6-14(15)16-10-26-19(23)11-25-16)13-3-1-2-4-17(13)29(28)20-24-8-7-18(22)27-20/h1-11H,(H2,23,26)(H2,22,24,27). The predicted molar refractivity (Wildman–Crippen MR) is 108 cm³/mol. The Kier molecular flexibility index (Phi) is 5.07. The van der Waals surface area contributed by atoms with Gasteiger partial charge in [0.1, 0.15) is 17.5 Å². The van der Waals surface area contributed by atoms with E-state index in [-0.39, 0.29) is 16.8 Å². The van der Waals surface area contributed by atoms with Crippen molar-refractivity contribution in [1.82, 2.24) is 19.9 Å². The van der Waals surface area contributed by atoms with E-state index in [9.17, 15) is 8.94 Å². The van der Waals surface area contributed by atoms with E-state index in [2.05, 4.69) is 19.9 Å². The average Bonchev–Trinajstić information content (AvgIpc) is 2.74. The van der Waals surface area contributed by atoms with Crippen LogP contribution in [-0.4, -0.2) is 24.5 Å².